The Kier molecular flexibility index (Phi) is 5.87. The lowest BCUT2D eigenvalue weighted by atomic mass is 9.98. The SMILES string of the molecule is N#Cc1ccc(C#N)c(-c2cc(-n3c4ccccc4c4ccccc43)nc(-n3c4ccc(C#N)cc4c4cc(C#N)ccc43)c2)c1. The summed E-state index contributed by atoms with van der Waals surface area (Å²) in [6, 6.07) is 45.2. The molecule has 0 fully saturated rings. The summed E-state index contributed by atoms with van der Waals surface area (Å²) >= 11 is 0. The highest BCUT2D eigenvalue weighted by atomic mass is 15.1. The zero-order valence-corrected chi connectivity index (χ0v) is 24.1. The smallest absolute Gasteiger partial charge is 0.140 e. The van der Waals surface area contributed by atoms with Crippen molar-refractivity contribution in [3.05, 3.63) is 138 Å². The number of hydrogen-bond donors (Lipinski definition) is 0. The number of nitriles is 4. The summed E-state index contributed by atoms with van der Waals surface area (Å²) in [4.78, 5) is 5.28. The third-order valence-corrected chi connectivity index (χ3v) is 8.44. The predicted molar refractivity (Wildman–Crippen MR) is 177 cm³/mol. The summed E-state index contributed by atoms with van der Waals surface area (Å²) in [5.74, 6) is 1.21. The van der Waals surface area contributed by atoms with Gasteiger partial charge >= 0.3 is 0 Å². The van der Waals surface area contributed by atoms with E-state index in [0.29, 0.717) is 45.0 Å². The van der Waals surface area contributed by atoms with Crippen molar-refractivity contribution in [3.8, 4) is 47.0 Å². The van der Waals surface area contributed by atoms with Gasteiger partial charge in [-0.3, -0.25) is 9.13 Å². The van der Waals surface area contributed by atoms with Crippen molar-refractivity contribution >= 4 is 43.6 Å². The highest BCUT2D eigenvalue weighted by molar-refractivity contribution is 6.11. The molecule has 8 aromatic rings. The van der Waals surface area contributed by atoms with Gasteiger partial charge in [-0.25, -0.2) is 4.98 Å². The normalized spacial score (nSPS) is 11.0. The molecule has 0 radical (unpaired) electrons. The maximum absolute atomic E-state index is 10.1. The molecule has 46 heavy (non-hydrogen) atoms. The fraction of sp³-hybridized carbons (Fsp3) is 0. The third-order valence-electron chi connectivity index (χ3n) is 8.44. The van der Waals surface area contributed by atoms with Crippen molar-refractivity contribution in [2.45, 2.75) is 0 Å². The first-order valence-corrected chi connectivity index (χ1v) is 14.5. The molecular formula is C39H19N7. The Hall–Kier alpha value is -7.19. The standard InChI is InChI=1S/C39H19N7/c40-20-24-9-12-27(23-43)31(15-24)28-18-38(45-34-7-3-1-5-29(34)30-6-2-4-8-35(30)45)44-39(19-28)46-36-13-10-25(21-41)16-32(36)33-17-26(22-42)11-14-37(33)46/h1-19H. The number of pyridine rings is 1. The molecule has 0 bridgehead atoms. The second-order valence-electron chi connectivity index (χ2n) is 10.9. The highest BCUT2D eigenvalue weighted by Crippen LogP contribution is 2.37. The van der Waals surface area contributed by atoms with Crippen LogP contribution in [0.1, 0.15) is 22.3 Å². The molecule has 7 nitrogen and oxygen atoms in total. The monoisotopic (exact) mass is 585 g/mol. The zero-order chi connectivity index (χ0) is 31.4. The van der Waals surface area contributed by atoms with Crippen molar-refractivity contribution in [1.29, 1.82) is 21.0 Å². The van der Waals surface area contributed by atoms with E-state index in [1.54, 1.807) is 30.3 Å². The Balaban J connectivity index is 1.53. The van der Waals surface area contributed by atoms with Crippen LogP contribution in [0.15, 0.2) is 115 Å². The van der Waals surface area contributed by atoms with Crippen LogP contribution in [0.3, 0.4) is 0 Å². The summed E-state index contributed by atoms with van der Waals surface area (Å²) < 4.78 is 4.14. The third kappa shape index (κ3) is 3.91. The number of benzene rings is 5. The fourth-order valence-corrected chi connectivity index (χ4v) is 6.42. The van der Waals surface area contributed by atoms with Gasteiger partial charge in [0.25, 0.3) is 0 Å². The number of nitrogens with zero attached hydrogens (tertiary/aromatic N) is 7. The van der Waals surface area contributed by atoms with Crippen molar-refractivity contribution < 1.29 is 0 Å². The first-order chi connectivity index (χ1) is 22.6. The van der Waals surface area contributed by atoms with Crippen LogP contribution in [0.2, 0.25) is 0 Å². The van der Waals surface area contributed by atoms with Crippen LogP contribution in [0.5, 0.6) is 0 Å². The molecule has 210 valence electrons. The number of para-hydroxylation sites is 2. The topological polar surface area (TPSA) is 118 Å². The minimum Gasteiger partial charge on any atom is -0.294 e. The quantitative estimate of drug-likeness (QED) is 0.206. The van der Waals surface area contributed by atoms with Gasteiger partial charge in [0, 0.05) is 27.1 Å². The molecule has 0 aliphatic carbocycles. The molecule has 5 aromatic carbocycles. The van der Waals surface area contributed by atoms with E-state index in [1.165, 1.54) is 0 Å². The van der Waals surface area contributed by atoms with Gasteiger partial charge in [0.2, 0.25) is 0 Å². The molecule has 0 spiro atoms. The van der Waals surface area contributed by atoms with E-state index in [9.17, 15) is 21.0 Å². The van der Waals surface area contributed by atoms with Gasteiger partial charge in [-0.15, -0.1) is 0 Å². The maximum Gasteiger partial charge on any atom is 0.140 e. The Morgan fingerprint density at radius 3 is 1.39 bits per heavy atom. The minimum absolute atomic E-state index is 0.434. The molecule has 0 saturated carbocycles. The van der Waals surface area contributed by atoms with E-state index >= 15 is 0 Å². The summed E-state index contributed by atoms with van der Waals surface area (Å²) in [7, 11) is 0. The van der Waals surface area contributed by atoms with Gasteiger partial charge in [-0.05, 0) is 84.4 Å². The lowest BCUT2D eigenvalue weighted by Gasteiger charge is -2.15. The van der Waals surface area contributed by atoms with E-state index < -0.39 is 0 Å². The van der Waals surface area contributed by atoms with Gasteiger partial charge in [-0.2, -0.15) is 21.0 Å². The molecule has 8 rings (SSSR count). The Morgan fingerprint density at radius 2 is 0.891 bits per heavy atom. The summed E-state index contributed by atoms with van der Waals surface area (Å²) in [6.45, 7) is 0. The summed E-state index contributed by atoms with van der Waals surface area (Å²) in [5.41, 5.74) is 6.80. The molecule has 0 N–H and O–H groups in total. The number of fused-ring (bicyclic) bond motifs is 6. The average Bonchev–Trinajstić information content (AvgIpc) is 3.63. The van der Waals surface area contributed by atoms with Crippen molar-refractivity contribution in [2.75, 3.05) is 0 Å². The number of rotatable bonds is 3. The van der Waals surface area contributed by atoms with E-state index in [1.807, 2.05) is 65.2 Å². The van der Waals surface area contributed by atoms with Gasteiger partial charge < -0.3 is 0 Å². The van der Waals surface area contributed by atoms with Crippen molar-refractivity contribution in [3.63, 3.8) is 0 Å². The van der Waals surface area contributed by atoms with Gasteiger partial charge in [0.15, 0.2) is 0 Å². The van der Waals surface area contributed by atoms with Gasteiger partial charge in [0.1, 0.15) is 11.6 Å². The average molecular weight is 586 g/mol. The van der Waals surface area contributed by atoms with Crippen molar-refractivity contribution in [2.24, 2.45) is 0 Å². The van der Waals surface area contributed by atoms with E-state index in [4.69, 9.17) is 4.98 Å². The van der Waals surface area contributed by atoms with Crippen LogP contribution in [0.4, 0.5) is 0 Å². The lowest BCUT2D eigenvalue weighted by molar-refractivity contribution is 1.01. The zero-order valence-electron chi connectivity index (χ0n) is 24.1. The largest absolute Gasteiger partial charge is 0.294 e. The van der Waals surface area contributed by atoms with Crippen LogP contribution in [0, 0.1) is 45.3 Å². The Labute approximate surface area is 262 Å². The molecule has 0 saturated heterocycles. The van der Waals surface area contributed by atoms with Gasteiger partial charge in [-0.1, -0.05) is 36.4 Å². The highest BCUT2D eigenvalue weighted by Gasteiger charge is 2.20. The van der Waals surface area contributed by atoms with Crippen LogP contribution in [0.25, 0.3) is 66.4 Å². The first kappa shape index (κ1) is 26.4. The summed E-state index contributed by atoms with van der Waals surface area (Å²) in [6.07, 6.45) is 0. The van der Waals surface area contributed by atoms with E-state index in [0.717, 1.165) is 43.6 Å². The molecule has 0 atom stereocenters. The van der Waals surface area contributed by atoms with Crippen LogP contribution in [-0.4, -0.2) is 14.1 Å². The Bertz CT molecular complexity index is 2630. The lowest BCUT2D eigenvalue weighted by Crippen LogP contribution is -2.05. The second kappa shape index (κ2) is 10.2. The molecule has 7 heteroatoms. The molecule has 0 amide bonds. The second-order valence-corrected chi connectivity index (χ2v) is 10.9. The molecule has 3 heterocycles. The van der Waals surface area contributed by atoms with E-state index in [2.05, 4.69) is 53.1 Å². The Morgan fingerprint density at radius 1 is 0.435 bits per heavy atom. The van der Waals surface area contributed by atoms with Crippen molar-refractivity contribution in [1.82, 2.24) is 14.1 Å². The van der Waals surface area contributed by atoms with E-state index in [-0.39, 0.29) is 0 Å². The van der Waals surface area contributed by atoms with Crippen LogP contribution < -0.4 is 0 Å². The van der Waals surface area contributed by atoms with Gasteiger partial charge in [0.05, 0.1) is 68.6 Å². The molecule has 0 unspecified atom stereocenters. The predicted octanol–water partition coefficient (Wildman–Crippen LogP) is 8.43. The molecule has 0 aliphatic heterocycles. The minimum atomic E-state index is 0.434. The molecular weight excluding hydrogens is 566 g/mol. The molecule has 0 aliphatic rings. The number of hydrogen-bond acceptors (Lipinski definition) is 5. The molecule has 3 aromatic heterocycles. The maximum atomic E-state index is 10.1. The van der Waals surface area contributed by atoms with Crippen LogP contribution >= 0.6 is 0 Å². The fourth-order valence-electron chi connectivity index (χ4n) is 6.42. The summed E-state index contributed by atoms with van der Waals surface area (Å²) in [5, 5.41) is 43.0. The first-order valence-electron chi connectivity index (χ1n) is 14.5. The number of aromatic nitrogens is 3. The van der Waals surface area contributed by atoms with Crippen LogP contribution in [-0.2, 0) is 0 Å².